The number of fused-ring (bicyclic) bond motifs is 4. The van der Waals surface area contributed by atoms with Crippen LogP contribution in [-0.2, 0) is 12.8 Å². The van der Waals surface area contributed by atoms with Gasteiger partial charge in [0.15, 0.2) is 5.65 Å². The van der Waals surface area contributed by atoms with Crippen LogP contribution < -0.4 is 4.74 Å². The summed E-state index contributed by atoms with van der Waals surface area (Å²) in [6, 6.07) is 22.8. The van der Waals surface area contributed by atoms with Gasteiger partial charge in [-0.1, -0.05) is 54.6 Å². The van der Waals surface area contributed by atoms with Gasteiger partial charge in [-0.3, -0.25) is 0 Å². The van der Waals surface area contributed by atoms with Crippen molar-refractivity contribution in [2.24, 2.45) is 0 Å². The van der Waals surface area contributed by atoms with E-state index in [9.17, 15) is 5.26 Å². The van der Waals surface area contributed by atoms with Crippen molar-refractivity contribution >= 4 is 11.0 Å². The molecule has 0 N–H and O–H groups in total. The molecule has 1 aliphatic rings. The fraction of sp³-hybridized carbons (Fsp3) is 0.160. The summed E-state index contributed by atoms with van der Waals surface area (Å²) in [7, 11) is 0. The van der Waals surface area contributed by atoms with Crippen LogP contribution in [0.1, 0.15) is 23.6 Å². The fourth-order valence-corrected chi connectivity index (χ4v) is 4.12. The molecule has 4 heteroatoms. The number of rotatable bonds is 3. The van der Waals surface area contributed by atoms with Crippen molar-refractivity contribution in [3.05, 3.63) is 77.4 Å². The lowest BCUT2D eigenvalue weighted by Gasteiger charge is -2.20. The topological polar surface area (TPSA) is 58.8 Å². The van der Waals surface area contributed by atoms with Crippen LogP contribution in [0.4, 0.5) is 0 Å². The quantitative estimate of drug-likeness (QED) is 0.484. The molecule has 0 spiro atoms. The van der Waals surface area contributed by atoms with Crippen molar-refractivity contribution in [3.8, 4) is 34.3 Å². The maximum atomic E-state index is 9.92. The van der Waals surface area contributed by atoms with Crippen molar-refractivity contribution in [1.29, 1.82) is 5.26 Å². The van der Waals surface area contributed by atoms with E-state index in [2.05, 4.69) is 35.3 Å². The fourth-order valence-electron chi connectivity index (χ4n) is 4.12. The summed E-state index contributed by atoms with van der Waals surface area (Å²) in [5.74, 6) is 0.345. The Hall–Kier alpha value is -3.71. The summed E-state index contributed by atoms with van der Waals surface area (Å²) >= 11 is 0. The van der Waals surface area contributed by atoms with E-state index < -0.39 is 0 Å². The highest BCUT2D eigenvalue weighted by molar-refractivity contribution is 5.98. The molecule has 0 fully saturated rings. The SMILES string of the molecule is CCOc1nc2nc3c(cc2c(-c2ccccc2)c1C#N)CCc1ccccc1-3. The zero-order valence-corrected chi connectivity index (χ0v) is 16.1. The molecule has 0 atom stereocenters. The number of pyridine rings is 2. The van der Waals surface area contributed by atoms with Gasteiger partial charge in [0.05, 0.1) is 12.3 Å². The van der Waals surface area contributed by atoms with Gasteiger partial charge in [-0.25, -0.2) is 4.98 Å². The zero-order chi connectivity index (χ0) is 19.8. The van der Waals surface area contributed by atoms with Gasteiger partial charge in [-0.05, 0) is 42.5 Å². The summed E-state index contributed by atoms with van der Waals surface area (Å²) in [5, 5.41) is 10.8. The smallest absolute Gasteiger partial charge is 0.234 e. The van der Waals surface area contributed by atoms with E-state index in [1.165, 1.54) is 16.7 Å². The summed E-state index contributed by atoms with van der Waals surface area (Å²) in [4.78, 5) is 9.61. The Morgan fingerprint density at radius 2 is 1.72 bits per heavy atom. The highest BCUT2D eigenvalue weighted by Crippen LogP contribution is 2.39. The van der Waals surface area contributed by atoms with E-state index in [4.69, 9.17) is 9.72 Å². The van der Waals surface area contributed by atoms with Crippen molar-refractivity contribution in [2.45, 2.75) is 19.8 Å². The number of nitriles is 1. The van der Waals surface area contributed by atoms with E-state index in [1.807, 2.05) is 43.3 Å². The normalized spacial score (nSPS) is 12.1. The molecule has 5 rings (SSSR count). The molecule has 0 saturated carbocycles. The van der Waals surface area contributed by atoms with Crippen molar-refractivity contribution in [2.75, 3.05) is 6.61 Å². The molecule has 0 saturated heterocycles. The number of aromatic nitrogens is 2. The van der Waals surface area contributed by atoms with Crippen molar-refractivity contribution in [3.63, 3.8) is 0 Å². The highest BCUT2D eigenvalue weighted by Gasteiger charge is 2.23. The molecule has 2 heterocycles. The molecule has 0 aliphatic heterocycles. The number of hydrogen-bond acceptors (Lipinski definition) is 4. The molecule has 2 aromatic heterocycles. The minimum atomic E-state index is 0.345. The van der Waals surface area contributed by atoms with Gasteiger partial charge in [0, 0.05) is 16.5 Å². The molecule has 0 amide bonds. The van der Waals surface area contributed by atoms with Crippen LogP contribution in [-0.4, -0.2) is 16.6 Å². The third-order valence-corrected chi connectivity index (χ3v) is 5.41. The minimum absolute atomic E-state index is 0.345. The van der Waals surface area contributed by atoms with Crippen LogP contribution in [0.5, 0.6) is 5.88 Å². The molecule has 0 bridgehead atoms. The van der Waals surface area contributed by atoms with Crippen LogP contribution in [0.15, 0.2) is 60.7 Å². The minimum Gasteiger partial charge on any atom is -0.477 e. The Labute approximate surface area is 169 Å². The summed E-state index contributed by atoms with van der Waals surface area (Å²) in [6.07, 6.45) is 1.92. The molecule has 29 heavy (non-hydrogen) atoms. The van der Waals surface area contributed by atoms with Gasteiger partial charge < -0.3 is 4.74 Å². The van der Waals surface area contributed by atoms with Crippen molar-refractivity contribution < 1.29 is 4.74 Å². The lowest BCUT2D eigenvalue weighted by molar-refractivity contribution is 0.327. The molecule has 2 aromatic carbocycles. The Morgan fingerprint density at radius 1 is 0.966 bits per heavy atom. The summed E-state index contributed by atoms with van der Waals surface area (Å²) in [5.41, 5.74) is 7.55. The van der Waals surface area contributed by atoms with E-state index >= 15 is 0 Å². The third-order valence-electron chi connectivity index (χ3n) is 5.41. The Balaban J connectivity index is 1.86. The second kappa shape index (κ2) is 7.03. The van der Waals surface area contributed by atoms with Gasteiger partial charge in [0.2, 0.25) is 5.88 Å². The molecule has 1 aliphatic carbocycles. The van der Waals surface area contributed by atoms with E-state index in [0.717, 1.165) is 35.0 Å². The standard InChI is InChI=1S/C25H19N3O/c1-2-29-25-21(15-26)22(17-9-4-3-5-10-17)20-14-18-13-12-16-8-6-7-11-19(16)23(18)27-24(20)28-25/h3-11,14H,2,12-13H2,1H3. The van der Waals surface area contributed by atoms with E-state index in [-0.39, 0.29) is 0 Å². The van der Waals surface area contributed by atoms with Crippen LogP contribution in [0.25, 0.3) is 33.4 Å². The van der Waals surface area contributed by atoms with Gasteiger partial charge in [0.25, 0.3) is 0 Å². The number of nitrogens with zero attached hydrogens (tertiary/aromatic N) is 3. The average molecular weight is 377 g/mol. The Morgan fingerprint density at radius 3 is 2.52 bits per heavy atom. The number of ether oxygens (including phenoxy) is 1. The zero-order valence-electron chi connectivity index (χ0n) is 16.1. The second-order valence-electron chi connectivity index (χ2n) is 7.10. The molecular formula is C25H19N3O. The second-order valence-corrected chi connectivity index (χ2v) is 7.10. The first-order valence-electron chi connectivity index (χ1n) is 9.84. The third kappa shape index (κ3) is 2.83. The monoisotopic (exact) mass is 377 g/mol. The van der Waals surface area contributed by atoms with Gasteiger partial charge in [-0.2, -0.15) is 10.2 Å². The van der Waals surface area contributed by atoms with E-state index in [1.54, 1.807) is 0 Å². The van der Waals surface area contributed by atoms with Crippen molar-refractivity contribution in [1.82, 2.24) is 9.97 Å². The first kappa shape index (κ1) is 17.4. The Bertz CT molecular complexity index is 1270. The maximum Gasteiger partial charge on any atom is 0.234 e. The van der Waals surface area contributed by atoms with Gasteiger partial charge >= 0.3 is 0 Å². The van der Waals surface area contributed by atoms with Crippen LogP contribution in [0, 0.1) is 11.3 Å². The predicted octanol–water partition coefficient (Wildman–Crippen LogP) is 5.33. The van der Waals surface area contributed by atoms with Crippen LogP contribution >= 0.6 is 0 Å². The number of hydrogen-bond donors (Lipinski definition) is 0. The van der Waals surface area contributed by atoms with Crippen LogP contribution in [0.2, 0.25) is 0 Å². The molecule has 0 radical (unpaired) electrons. The molecule has 140 valence electrons. The Kier molecular flexibility index (Phi) is 4.22. The summed E-state index contributed by atoms with van der Waals surface area (Å²) < 4.78 is 5.74. The molecule has 4 nitrogen and oxygen atoms in total. The lowest BCUT2D eigenvalue weighted by atomic mass is 9.87. The van der Waals surface area contributed by atoms with Gasteiger partial charge in [0.1, 0.15) is 11.6 Å². The largest absolute Gasteiger partial charge is 0.477 e. The number of benzene rings is 2. The lowest BCUT2D eigenvalue weighted by Crippen LogP contribution is -2.08. The first-order chi connectivity index (χ1) is 14.3. The molecule has 4 aromatic rings. The average Bonchev–Trinajstić information content (AvgIpc) is 2.77. The predicted molar refractivity (Wildman–Crippen MR) is 114 cm³/mol. The molecule has 0 unspecified atom stereocenters. The van der Waals surface area contributed by atoms with E-state index in [0.29, 0.717) is 23.7 Å². The van der Waals surface area contributed by atoms with Gasteiger partial charge in [-0.15, -0.1) is 0 Å². The maximum absolute atomic E-state index is 9.92. The first-order valence-corrected chi connectivity index (χ1v) is 9.84. The van der Waals surface area contributed by atoms with Crippen LogP contribution in [0.3, 0.4) is 0 Å². The summed E-state index contributed by atoms with van der Waals surface area (Å²) in [6.45, 7) is 2.33. The highest BCUT2D eigenvalue weighted by atomic mass is 16.5. The molecular weight excluding hydrogens is 358 g/mol. The number of aryl methyl sites for hydroxylation is 2.